The number of pyridine rings is 3. The first-order valence-corrected chi connectivity index (χ1v) is 10.5. The van der Waals surface area contributed by atoms with Crippen molar-refractivity contribution < 1.29 is 0 Å². The number of aromatic nitrogens is 7. The summed E-state index contributed by atoms with van der Waals surface area (Å²) in [5.74, 6) is 0.664. The van der Waals surface area contributed by atoms with Crippen molar-refractivity contribution in [3.63, 3.8) is 0 Å². The van der Waals surface area contributed by atoms with E-state index < -0.39 is 0 Å². The Morgan fingerprint density at radius 3 is 2.61 bits per heavy atom. The minimum atomic E-state index is 0.640. The third kappa shape index (κ3) is 3.28. The fraction of sp³-hybridized carbons (Fsp3) is 0.0800. The highest BCUT2D eigenvalue weighted by molar-refractivity contribution is 5.97. The number of benzene rings is 1. The topological polar surface area (TPSA) is 99.3 Å². The van der Waals surface area contributed by atoms with Gasteiger partial charge in [-0.1, -0.05) is 12.1 Å². The summed E-state index contributed by atoms with van der Waals surface area (Å²) in [5.41, 5.74) is 8.34. The maximum Gasteiger partial charge on any atom is 0.178 e. The number of hydrogen-bond donors (Lipinski definition) is 2. The summed E-state index contributed by atoms with van der Waals surface area (Å²) in [6.45, 7) is 0. The molecule has 0 spiro atoms. The van der Waals surface area contributed by atoms with Crippen molar-refractivity contribution in [3.8, 4) is 33.8 Å². The largest absolute Gasteiger partial charge is 0.376 e. The zero-order chi connectivity index (χ0) is 22.4. The highest BCUT2D eigenvalue weighted by Gasteiger charge is 2.16. The molecular weight excluding hydrogens is 412 g/mol. The lowest BCUT2D eigenvalue weighted by Gasteiger charge is -2.13. The van der Waals surface area contributed by atoms with Crippen molar-refractivity contribution in [2.75, 3.05) is 19.0 Å². The van der Waals surface area contributed by atoms with E-state index in [1.807, 2.05) is 61.9 Å². The fourth-order valence-electron chi connectivity index (χ4n) is 3.99. The molecule has 0 aliphatic heterocycles. The number of rotatable bonds is 4. The van der Waals surface area contributed by atoms with Gasteiger partial charge < -0.3 is 9.88 Å². The molecule has 0 amide bonds. The minimum Gasteiger partial charge on any atom is -0.376 e. The smallest absolute Gasteiger partial charge is 0.178 e. The third-order valence-corrected chi connectivity index (χ3v) is 5.73. The Morgan fingerprint density at radius 1 is 0.848 bits per heavy atom. The summed E-state index contributed by atoms with van der Waals surface area (Å²) in [4.78, 5) is 23.3. The van der Waals surface area contributed by atoms with Crippen LogP contribution in [0.1, 0.15) is 0 Å². The molecule has 0 bridgehead atoms. The van der Waals surface area contributed by atoms with E-state index in [9.17, 15) is 0 Å². The first-order valence-electron chi connectivity index (χ1n) is 10.5. The van der Waals surface area contributed by atoms with Gasteiger partial charge in [-0.05, 0) is 35.9 Å². The van der Waals surface area contributed by atoms with Crippen LogP contribution in [0.4, 0.5) is 5.69 Å². The van der Waals surface area contributed by atoms with Gasteiger partial charge in [0.25, 0.3) is 0 Å². The summed E-state index contributed by atoms with van der Waals surface area (Å²) in [6, 6.07) is 14.3. The molecule has 160 valence electrons. The monoisotopic (exact) mass is 432 g/mol. The number of fused-ring (bicyclic) bond motifs is 2. The predicted molar refractivity (Wildman–Crippen MR) is 130 cm³/mol. The van der Waals surface area contributed by atoms with Crippen LogP contribution in [0.25, 0.3) is 55.8 Å². The summed E-state index contributed by atoms with van der Waals surface area (Å²) in [7, 11) is 4.01. The van der Waals surface area contributed by atoms with E-state index in [1.54, 1.807) is 12.4 Å². The first-order chi connectivity index (χ1) is 16.2. The summed E-state index contributed by atoms with van der Waals surface area (Å²) in [6.07, 6.45) is 9.09. The van der Waals surface area contributed by atoms with E-state index in [4.69, 9.17) is 4.98 Å². The predicted octanol–water partition coefficient (Wildman–Crippen LogP) is 4.69. The normalized spacial score (nSPS) is 11.3. The summed E-state index contributed by atoms with van der Waals surface area (Å²) < 4.78 is 0. The number of H-pyrrole nitrogens is 2. The van der Waals surface area contributed by atoms with E-state index in [-0.39, 0.29) is 0 Å². The van der Waals surface area contributed by atoms with Crippen molar-refractivity contribution in [2.45, 2.75) is 0 Å². The van der Waals surface area contributed by atoms with Crippen molar-refractivity contribution >= 4 is 27.8 Å². The number of aromatic amines is 2. The molecule has 33 heavy (non-hydrogen) atoms. The third-order valence-electron chi connectivity index (χ3n) is 5.73. The lowest BCUT2D eigenvalue weighted by atomic mass is 10.0. The molecule has 0 saturated heterocycles. The molecule has 0 aliphatic carbocycles. The van der Waals surface area contributed by atoms with Crippen molar-refractivity contribution in [3.05, 3.63) is 73.4 Å². The van der Waals surface area contributed by atoms with Crippen LogP contribution in [-0.2, 0) is 0 Å². The van der Waals surface area contributed by atoms with Gasteiger partial charge in [0.2, 0.25) is 0 Å². The van der Waals surface area contributed by atoms with Gasteiger partial charge in [0, 0.05) is 61.0 Å². The van der Waals surface area contributed by atoms with Gasteiger partial charge in [0.15, 0.2) is 11.5 Å². The Balaban J connectivity index is 1.48. The first kappa shape index (κ1) is 19.1. The van der Waals surface area contributed by atoms with Gasteiger partial charge >= 0.3 is 0 Å². The molecule has 2 N–H and O–H groups in total. The molecule has 5 aromatic heterocycles. The molecule has 0 aliphatic rings. The standard InChI is InChI=1S/C25H20N8/c1-33(2)18-10-17(13-27-14-18)15-5-6-21-20(11-15)23(32-31-21)25-29-22-19(7-9-28-24(22)30-25)16-4-3-8-26-12-16/h3-14H,1-2H3,(H,31,32)(H,28,29,30). The molecule has 0 unspecified atom stereocenters. The van der Waals surface area contributed by atoms with Crippen LogP contribution in [-0.4, -0.2) is 49.2 Å². The summed E-state index contributed by atoms with van der Waals surface area (Å²) >= 11 is 0. The van der Waals surface area contributed by atoms with E-state index in [0.29, 0.717) is 11.5 Å². The van der Waals surface area contributed by atoms with Crippen LogP contribution < -0.4 is 4.90 Å². The van der Waals surface area contributed by atoms with Crippen LogP contribution in [0.5, 0.6) is 0 Å². The molecule has 0 saturated carbocycles. The minimum absolute atomic E-state index is 0.640. The Hall–Kier alpha value is -4.59. The molecule has 6 aromatic rings. The highest BCUT2D eigenvalue weighted by atomic mass is 15.1. The van der Waals surface area contributed by atoms with E-state index in [2.05, 4.69) is 48.3 Å². The van der Waals surface area contributed by atoms with E-state index in [1.165, 1.54) is 0 Å². The molecule has 0 atom stereocenters. The van der Waals surface area contributed by atoms with Gasteiger partial charge in [-0.15, -0.1) is 0 Å². The Kier molecular flexibility index (Phi) is 4.36. The van der Waals surface area contributed by atoms with Gasteiger partial charge in [-0.2, -0.15) is 5.10 Å². The van der Waals surface area contributed by atoms with Crippen LogP contribution in [0, 0.1) is 0 Å². The molecule has 5 heterocycles. The molecule has 6 rings (SSSR count). The Bertz CT molecular complexity index is 1600. The van der Waals surface area contributed by atoms with Crippen LogP contribution in [0.15, 0.2) is 73.4 Å². The Labute approximate surface area is 189 Å². The number of nitrogens with zero attached hydrogens (tertiary/aromatic N) is 6. The molecule has 0 fully saturated rings. The molecule has 8 heteroatoms. The van der Waals surface area contributed by atoms with E-state index >= 15 is 0 Å². The number of nitrogens with one attached hydrogen (secondary N) is 2. The maximum atomic E-state index is 4.74. The zero-order valence-electron chi connectivity index (χ0n) is 18.1. The number of hydrogen-bond acceptors (Lipinski definition) is 6. The van der Waals surface area contributed by atoms with Crippen LogP contribution >= 0.6 is 0 Å². The molecule has 8 nitrogen and oxygen atoms in total. The van der Waals surface area contributed by atoms with E-state index in [0.717, 1.165) is 50.1 Å². The average Bonchev–Trinajstić information content (AvgIpc) is 3.48. The number of imidazole rings is 1. The lowest BCUT2D eigenvalue weighted by molar-refractivity contribution is 1.10. The van der Waals surface area contributed by atoms with Crippen molar-refractivity contribution in [1.29, 1.82) is 0 Å². The Morgan fingerprint density at radius 2 is 1.76 bits per heavy atom. The highest BCUT2D eigenvalue weighted by Crippen LogP contribution is 2.32. The molecule has 0 radical (unpaired) electrons. The second kappa shape index (κ2) is 7.52. The van der Waals surface area contributed by atoms with Crippen molar-refractivity contribution in [2.24, 2.45) is 0 Å². The second-order valence-electron chi connectivity index (χ2n) is 8.04. The van der Waals surface area contributed by atoms with Crippen LogP contribution in [0.3, 0.4) is 0 Å². The van der Waals surface area contributed by atoms with Gasteiger partial charge in [-0.25, -0.2) is 9.97 Å². The average molecular weight is 432 g/mol. The van der Waals surface area contributed by atoms with Crippen molar-refractivity contribution in [1.82, 2.24) is 35.1 Å². The quantitative estimate of drug-likeness (QED) is 0.419. The maximum absolute atomic E-state index is 4.74. The fourth-order valence-corrected chi connectivity index (χ4v) is 3.99. The second-order valence-corrected chi connectivity index (χ2v) is 8.04. The molecular formula is C25H20N8. The molecule has 1 aromatic carbocycles. The summed E-state index contributed by atoms with van der Waals surface area (Å²) in [5, 5.41) is 8.66. The zero-order valence-corrected chi connectivity index (χ0v) is 18.1. The lowest BCUT2D eigenvalue weighted by Crippen LogP contribution is -2.08. The van der Waals surface area contributed by atoms with Gasteiger partial charge in [0.1, 0.15) is 5.69 Å². The van der Waals surface area contributed by atoms with Gasteiger partial charge in [-0.3, -0.25) is 15.1 Å². The number of anilines is 1. The SMILES string of the molecule is CN(C)c1cncc(-c2ccc3[nH]nc(-c4nc5nccc(-c6cccnc6)c5[nH]4)c3c2)c1. The van der Waals surface area contributed by atoms with Crippen LogP contribution in [0.2, 0.25) is 0 Å². The van der Waals surface area contributed by atoms with Gasteiger partial charge in [0.05, 0.1) is 22.9 Å².